The van der Waals surface area contributed by atoms with Crippen LogP contribution in [0.25, 0.3) is 10.2 Å². The molecule has 0 bridgehead atoms. The number of carbonyl (C=O) groups is 1. The van der Waals surface area contributed by atoms with Crippen LogP contribution in [0.15, 0.2) is 59.5 Å². The first-order valence-electron chi connectivity index (χ1n) is 10.0. The van der Waals surface area contributed by atoms with Crippen LogP contribution >= 0.6 is 11.3 Å². The van der Waals surface area contributed by atoms with E-state index in [2.05, 4.69) is 25.0 Å². The molecule has 11 heteroatoms. The third kappa shape index (κ3) is 5.44. The quantitative estimate of drug-likeness (QED) is 0.413. The molecule has 0 spiro atoms. The van der Waals surface area contributed by atoms with Gasteiger partial charge >= 0.3 is 0 Å². The van der Waals surface area contributed by atoms with Crippen molar-refractivity contribution in [1.82, 2.24) is 15.0 Å². The van der Waals surface area contributed by atoms with Crippen LogP contribution in [0.5, 0.6) is 0 Å². The first-order valence-corrected chi connectivity index (χ1v) is 12.3. The molecule has 0 radical (unpaired) electrons. The highest BCUT2D eigenvalue weighted by atomic mass is 32.2. The summed E-state index contributed by atoms with van der Waals surface area (Å²) in [6.45, 7) is 3.56. The van der Waals surface area contributed by atoms with E-state index in [9.17, 15) is 13.2 Å². The Balaban J connectivity index is 1.39. The number of fused-ring (bicyclic) bond motifs is 1. The fraction of sp³-hybridized carbons (Fsp3) is 0.182. The number of aryl methyl sites for hydroxylation is 2. The molecule has 2 aromatic carbocycles. The lowest BCUT2D eigenvalue weighted by molar-refractivity contribution is -0.114. The Hall–Kier alpha value is -3.57. The maximum Gasteiger partial charge on any atom is 0.263 e. The summed E-state index contributed by atoms with van der Waals surface area (Å²) >= 11 is 1.51. The number of aromatic nitrogens is 3. The van der Waals surface area contributed by atoms with Gasteiger partial charge in [-0.3, -0.25) is 9.52 Å². The number of carbonyl (C=O) groups excluding carboxylic acids is 1. The number of thiazole rings is 1. The Labute approximate surface area is 195 Å². The Morgan fingerprint density at radius 2 is 1.76 bits per heavy atom. The van der Waals surface area contributed by atoms with E-state index in [0.29, 0.717) is 17.2 Å². The molecule has 170 valence electrons. The Kier molecular flexibility index (Phi) is 6.25. The molecule has 0 unspecified atom stereocenters. The monoisotopic (exact) mass is 482 g/mol. The van der Waals surface area contributed by atoms with Gasteiger partial charge in [-0.05, 0) is 50.2 Å². The molecule has 9 nitrogen and oxygen atoms in total. The lowest BCUT2D eigenvalue weighted by atomic mass is 10.3. The van der Waals surface area contributed by atoms with Crippen LogP contribution in [0.1, 0.15) is 11.5 Å². The lowest BCUT2D eigenvalue weighted by Crippen LogP contribution is -2.29. The molecule has 33 heavy (non-hydrogen) atoms. The standard InChI is InChI=1S/C22H22N6O3S2/c1-14-12-20(24-15(2)23-14)27-33(30,31)17-10-8-16(9-11-17)25-21(29)13-28(3)22-26-18-6-4-5-7-19(18)32-22/h4-12H,13H2,1-3H3,(H,25,29)(H,23,24,27). The molecule has 0 aliphatic heterocycles. The van der Waals surface area contributed by atoms with E-state index in [-0.39, 0.29) is 23.2 Å². The highest BCUT2D eigenvalue weighted by molar-refractivity contribution is 7.92. The summed E-state index contributed by atoms with van der Waals surface area (Å²) in [4.78, 5) is 27.1. The van der Waals surface area contributed by atoms with Gasteiger partial charge in [0.2, 0.25) is 5.91 Å². The Bertz CT molecular complexity index is 1360. The molecule has 4 rings (SSSR count). The van der Waals surface area contributed by atoms with E-state index in [0.717, 1.165) is 15.3 Å². The van der Waals surface area contributed by atoms with Crippen molar-refractivity contribution in [2.75, 3.05) is 28.5 Å². The third-order valence-electron chi connectivity index (χ3n) is 4.64. The first kappa shape index (κ1) is 22.6. The topological polar surface area (TPSA) is 117 Å². The van der Waals surface area contributed by atoms with E-state index < -0.39 is 10.0 Å². The molecular weight excluding hydrogens is 460 g/mol. The molecule has 2 heterocycles. The maximum atomic E-state index is 12.7. The van der Waals surface area contributed by atoms with Gasteiger partial charge in [0.15, 0.2) is 5.13 Å². The number of sulfonamides is 1. The average molecular weight is 483 g/mol. The van der Waals surface area contributed by atoms with Gasteiger partial charge in [-0.2, -0.15) is 0 Å². The zero-order valence-electron chi connectivity index (χ0n) is 18.2. The normalized spacial score (nSPS) is 11.4. The number of benzene rings is 2. The van der Waals surface area contributed by atoms with Crippen molar-refractivity contribution in [2.45, 2.75) is 18.7 Å². The fourth-order valence-corrected chi connectivity index (χ4v) is 5.11. The minimum absolute atomic E-state index is 0.0565. The summed E-state index contributed by atoms with van der Waals surface area (Å²) in [5, 5.41) is 3.52. The number of likely N-dealkylation sites (N-methyl/N-ethyl adjacent to an activating group) is 1. The summed E-state index contributed by atoms with van der Waals surface area (Å²) in [5.41, 5.74) is 2.04. The van der Waals surface area contributed by atoms with Crippen molar-refractivity contribution < 1.29 is 13.2 Å². The number of hydrogen-bond acceptors (Lipinski definition) is 8. The second-order valence-corrected chi connectivity index (χ2v) is 10.1. The van der Waals surface area contributed by atoms with Gasteiger partial charge in [0, 0.05) is 24.5 Å². The van der Waals surface area contributed by atoms with Crippen LogP contribution in [0.3, 0.4) is 0 Å². The molecule has 0 aliphatic rings. The van der Waals surface area contributed by atoms with E-state index in [1.54, 1.807) is 44.0 Å². The van der Waals surface area contributed by atoms with Crippen molar-refractivity contribution >= 4 is 54.1 Å². The minimum Gasteiger partial charge on any atom is -0.342 e. The number of nitrogens with one attached hydrogen (secondary N) is 2. The molecule has 0 atom stereocenters. The van der Waals surface area contributed by atoms with E-state index in [1.165, 1.54) is 23.5 Å². The molecule has 0 saturated carbocycles. The molecule has 2 aromatic heterocycles. The van der Waals surface area contributed by atoms with Crippen LogP contribution in [0.2, 0.25) is 0 Å². The van der Waals surface area contributed by atoms with Crippen molar-refractivity contribution in [1.29, 1.82) is 0 Å². The third-order valence-corrected chi connectivity index (χ3v) is 7.16. The highest BCUT2D eigenvalue weighted by Gasteiger charge is 2.16. The summed E-state index contributed by atoms with van der Waals surface area (Å²) in [5.74, 6) is 0.439. The van der Waals surface area contributed by atoms with E-state index in [4.69, 9.17) is 0 Å². The minimum atomic E-state index is -3.83. The van der Waals surface area contributed by atoms with Crippen LogP contribution in [-0.4, -0.2) is 42.9 Å². The number of hydrogen-bond donors (Lipinski definition) is 2. The molecule has 0 fully saturated rings. The largest absolute Gasteiger partial charge is 0.342 e. The van der Waals surface area contributed by atoms with Gasteiger partial charge in [0.1, 0.15) is 11.6 Å². The first-order chi connectivity index (χ1) is 15.7. The lowest BCUT2D eigenvalue weighted by Gasteiger charge is -2.15. The Morgan fingerprint density at radius 1 is 1.03 bits per heavy atom. The summed E-state index contributed by atoms with van der Waals surface area (Å²) in [6.07, 6.45) is 0. The fourth-order valence-electron chi connectivity index (χ4n) is 3.19. The van der Waals surface area contributed by atoms with Gasteiger partial charge in [-0.25, -0.2) is 23.4 Å². The zero-order valence-corrected chi connectivity index (χ0v) is 19.9. The van der Waals surface area contributed by atoms with Crippen molar-refractivity contribution in [3.05, 3.63) is 66.1 Å². The summed E-state index contributed by atoms with van der Waals surface area (Å²) in [7, 11) is -2.03. The molecule has 1 amide bonds. The van der Waals surface area contributed by atoms with Crippen molar-refractivity contribution in [3.63, 3.8) is 0 Å². The molecule has 0 aliphatic carbocycles. The number of rotatable bonds is 7. The van der Waals surface area contributed by atoms with Gasteiger partial charge in [0.05, 0.1) is 21.7 Å². The van der Waals surface area contributed by atoms with E-state index >= 15 is 0 Å². The van der Waals surface area contributed by atoms with Gasteiger partial charge in [-0.1, -0.05) is 23.5 Å². The van der Waals surface area contributed by atoms with Crippen LogP contribution < -0.4 is 14.9 Å². The van der Waals surface area contributed by atoms with Gasteiger partial charge in [-0.15, -0.1) is 0 Å². The summed E-state index contributed by atoms with van der Waals surface area (Å²) < 4.78 is 28.8. The Morgan fingerprint density at radius 3 is 2.45 bits per heavy atom. The molecular formula is C22H22N6O3S2. The van der Waals surface area contributed by atoms with Gasteiger partial charge < -0.3 is 10.2 Å². The van der Waals surface area contributed by atoms with Crippen molar-refractivity contribution in [3.8, 4) is 0 Å². The summed E-state index contributed by atoms with van der Waals surface area (Å²) in [6, 6.07) is 15.3. The van der Waals surface area contributed by atoms with Crippen LogP contribution in [-0.2, 0) is 14.8 Å². The number of para-hydroxylation sites is 1. The van der Waals surface area contributed by atoms with Crippen LogP contribution in [0, 0.1) is 13.8 Å². The SMILES string of the molecule is Cc1cc(NS(=O)(=O)c2ccc(NC(=O)CN(C)c3nc4ccccc4s3)cc2)nc(C)n1. The molecule has 4 aromatic rings. The molecule has 0 saturated heterocycles. The number of amides is 1. The smallest absolute Gasteiger partial charge is 0.263 e. The van der Waals surface area contributed by atoms with Gasteiger partial charge in [0.25, 0.3) is 10.0 Å². The second kappa shape index (κ2) is 9.12. The predicted octanol–water partition coefficient (Wildman–Crippen LogP) is 3.58. The second-order valence-electron chi connectivity index (χ2n) is 7.44. The van der Waals surface area contributed by atoms with Crippen molar-refractivity contribution in [2.24, 2.45) is 0 Å². The van der Waals surface area contributed by atoms with Crippen LogP contribution in [0.4, 0.5) is 16.6 Å². The predicted molar refractivity (Wildman–Crippen MR) is 130 cm³/mol. The maximum absolute atomic E-state index is 12.7. The van der Waals surface area contributed by atoms with E-state index in [1.807, 2.05) is 24.3 Å². The number of anilines is 3. The number of nitrogens with zero attached hydrogens (tertiary/aromatic N) is 4. The zero-order chi connectivity index (χ0) is 23.6. The highest BCUT2D eigenvalue weighted by Crippen LogP contribution is 2.27. The molecule has 2 N–H and O–H groups in total. The average Bonchev–Trinajstić information content (AvgIpc) is 3.17.